The van der Waals surface area contributed by atoms with Crippen molar-refractivity contribution in [1.29, 1.82) is 0 Å². The van der Waals surface area contributed by atoms with Crippen molar-refractivity contribution in [2.45, 2.75) is 13.3 Å². The zero-order chi connectivity index (χ0) is 11.5. The summed E-state index contributed by atoms with van der Waals surface area (Å²) < 4.78 is 1.09. The lowest BCUT2D eigenvalue weighted by molar-refractivity contribution is 0.988. The molecule has 0 amide bonds. The van der Waals surface area contributed by atoms with E-state index in [1.807, 2.05) is 12.4 Å². The van der Waals surface area contributed by atoms with Crippen LogP contribution in [0.3, 0.4) is 0 Å². The van der Waals surface area contributed by atoms with Crippen LogP contribution >= 0.6 is 33.9 Å². The molecule has 0 atom stereocenters. The number of aromatic nitrogens is 3. The van der Waals surface area contributed by atoms with Crippen molar-refractivity contribution >= 4 is 39.7 Å². The Morgan fingerprint density at radius 2 is 2.25 bits per heavy atom. The summed E-state index contributed by atoms with van der Waals surface area (Å²) in [5.41, 5.74) is 1.06. The molecule has 0 fully saturated rings. The summed E-state index contributed by atoms with van der Waals surface area (Å²) in [4.78, 5) is 13.2. The van der Waals surface area contributed by atoms with Crippen LogP contribution in [-0.4, -0.2) is 22.0 Å². The van der Waals surface area contributed by atoms with Gasteiger partial charge in [0.15, 0.2) is 10.8 Å². The first-order chi connectivity index (χ1) is 7.76. The number of thiazole rings is 1. The second-order valence-corrected chi connectivity index (χ2v) is 5.07. The quantitative estimate of drug-likeness (QED) is 0.869. The molecule has 0 saturated heterocycles. The van der Waals surface area contributed by atoms with Gasteiger partial charge in [-0.1, -0.05) is 6.92 Å². The highest BCUT2D eigenvalue weighted by Gasteiger charge is 2.12. The van der Waals surface area contributed by atoms with Crippen molar-refractivity contribution in [2.24, 2.45) is 0 Å². The first-order valence-electron chi connectivity index (χ1n) is 4.90. The van der Waals surface area contributed by atoms with E-state index in [2.05, 4.69) is 49.8 Å². The highest BCUT2D eigenvalue weighted by atomic mass is 127. The van der Waals surface area contributed by atoms with Gasteiger partial charge in [0.1, 0.15) is 5.82 Å². The van der Waals surface area contributed by atoms with Gasteiger partial charge in [0, 0.05) is 18.6 Å². The van der Waals surface area contributed by atoms with Crippen molar-refractivity contribution in [2.75, 3.05) is 12.4 Å². The van der Waals surface area contributed by atoms with E-state index < -0.39 is 0 Å². The molecule has 16 heavy (non-hydrogen) atoms. The van der Waals surface area contributed by atoms with E-state index in [0.717, 1.165) is 26.5 Å². The summed E-state index contributed by atoms with van der Waals surface area (Å²) in [6.07, 6.45) is 2.67. The molecular formula is C10H11IN4S. The van der Waals surface area contributed by atoms with Crippen molar-refractivity contribution in [3.63, 3.8) is 0 Å². The summed E-state index contributed by atoms with van der Waals surface area (Å²) >= 11 is 3.82. The average molecular weight is 346 g/mol. The third-order valence-electron chi connectivity index (χ3n) is 2.12. The lowest BCUT2D eigenvalue weighted by Gasteiger charge is -2.08. The van der Waals surface area contributed by atoms with E-state index in [1.54, 1.807) is 17.5 Å². The zero-order valence-corrected chi connectivity index (χ0v) is 12.0. The number of nitrogens with zero attached hydrogens (tertiary/aromatic N) is 3. The molecule has 0 spiro atoms. The molecule has 0 bridgehead atoms. The fourth-order valence-corrected chi connectivity index (χ4v) is 2.78. The summed E-state index contributed by atoms with van der Waals surface area (Å²) in [5, 5.41) is 5.89. The molecule has 0 aliphatic rings. The van der Waals surface area contributed by atoms with E-state index in [-0.39, 0.29) is 0 Å². The first kappa shape index (κ1) is 11.7. The standard InChI is InChI=1S/C10H11IN4S/c1-3-6-7(11)8(12-2)15-9(14-6)10-13-4-5-16-10/h4-5H,3H2,1-2H3,(H,12,14,15). The Hall–Kier alpha value is -0.760. The smallest absolute Gasteiger partial charge is 0.190 e. The molecule has 1 N–H and O–H groups in total. The number of aryl methyl sites for hydroxylation is 1. The Labute approximate surface area is 112 Å². The van der Waals surface area contributed by atoms with Gasteiger partial charge in [-0.05, 0) is 29.0 Å². The number of rotatable bonds is 3. The van der Waals surface area contributed by atoms with Crippen molar-refractivity contribution < 1.29 is 0 Å². The van der Waals surface area contributed by atoms with Crippen LogP contribution in [0.4, 0.5) is 5.82 Å². The van der Waals surface area contributed by atoms with Crippen LogP contribution in [0.2, 0.25) is 0 Å². The third kappa shape index (κ3) is 2.17. The molecule has 0 aliphatic carbocycles. The molecular weight excluding hydrogens is 335 g/mol. The van der Waals surface area contributed by atoms with Crippen LogP contribution < -0.4 is 5.32 Å². The highest BCUT2D eigenvalue weighted by molar-refractivity contribution is 14.1. The average Bonchev–Trinajstić information content (AvgIpc) is 2.83. The molecule has 0 saturated carbocycles. The Balaban J connectivity index is 2.56. The van der Waals surface area contributed by atoms with Crippen molar-refractivity contribution in [1.82, 2.24) is 15.0 Å². The zero-order valence-electron chi connectivity index (χ0n) is 8.99. The molecule has 0 radical (unpaired) electrons. The van der Waals surface area contributed by atoms with Crippen LogP contribution in [0.15, 0.2) is 11.6 Å². The van der Waals surface area contributed by atoms with E-state index >= 15 is 0 Å². The number of hydrogen-bond acceptors (Lipinski definition) is 5. The van der Waals surface area contributed by atoms with Crippen LogP contribution in [0, 0.1) is 3.57 Å². The fraction of sp³-hybridized carbons (Fsp3) is 0.300. The minimum absolute atomic E-state index is 0.705. The second kappa shape index (κ2) is 5.05. The predicted molar refractivity (Wildman–Crippen MR) is 74.8 cm³/mol. The lowest BCUT2D eigenvalue weighted by Crippen LogP contribution is -2.04. The molecule has 0 aromatic carbocycles. The van der Waals surface area contributed by atoms with Crippen LogP contribution in [0.25, 0.3) is 10.8 Å². The van der Waals surface area contributed by atoms with E-state index in [1.165, 1.54) is 0 Å². The van der Waals surface area contributed by atoms with Gasteiger partial charge in [0.05, 0.1) is 9.26 Å². The maximum absolute atomic E-state index is 4.53. The normalized spacial score (nSPS) is 10.4. The molecule has 6 heteroatoms. The van der Waals surface area contributed by atoms with Crippen LogP contribution in [0.1, 0.15) is 12.6 Å². The third-order valence-corrected chi connectivity index (χ3v) is 4.02. The summed E-state index contributed by atoms with van der Waals surface area (Å²) in [6.45, 7) is 2.09. The maximum atomic E-state index is 4.53. The van der Waals surface area contributed by atoms with Gasteiger partial charge in [0.25, 0.3) is 0 Å². The van der Waals surface area contributed by atoms with Gasteiger partial charge >= 0.3 is 0 Å². The molecule has 2 rings (SSSR count). The fourth-order valence-electron chi connectivity index (χ4n) is 1.32. The molecule has 4 nitrogen and oxygen atoms in total. The van der Waals surface area contributed by atoms with Crippen LogP contribution in [-0.2, 0) is 6.42 Å². The summed E-state index contributed by atoms with van der Waals surface area (Å²) in [7, 11) is 1.87. The topological polar surface area (TPSA) is 50.7 Å². The SMILES string of the molecule is CCc1nc(-c2nccs2)nc(NC)c1I. The van der Waals surface area contributed by atoms with E-state index in [4.69, 9.17) is 0 Å². The largest absolute Gasteiger partial charge is 0.372 e. The summed E-state index contributed by atoms with van der Waals surface area (Å²) in [6, 6.07) is 0. The minimum Gasteiger partial charge on any atom is -0.372 e. The molecule has 0 unspecified atom stereocenters. The maximum Gasteiger partial charge on any atom is 0.190 e. The number of nitrogens with one attached hydrogen (secondary N) is 1. The number of anilines is 1. The second-order valence-electron chi connectivity index (χ2n) is 3.10. The van der Waals surface area contributed by atoms with Gasteiger partial charge in [-0.25, -0.2) is 15.0 Å². The molecule has 2 heterocycles. The monoisotopic (exact) mass is 346 g/mol. The van der Waals surface area contributed by atoms with Gasteiger partial charge in [0.2, 0.25) is 0 Å². The Bertz CT molecular complexity index is 459. The molecule has 0 aliphatic heterocycles. The van der Waals surface area contributed by atoms with Gasteiger partial charge in [-0.15, -0.1) is 11.3 Å². The van der Waals surface area contributed by atoms with Crippen molar-refractivity contribution in [3.05, 3.63) is 20.8 Å². The Morgan fingerprint density at radius 3 is 2.81 bits per heavy atom. The Kier molecular flexibility index (Phi) is 3.70. The summed E-state index contributed by atoms with van der Waals surface area (Å²) in [5.74, 6) is 1.58. The lowest BCUT2D eigenvalue weighted by atomic mass is 10.3. The van der Waals surface area contributed by atoms with Crippen molar-refractivity contribution in [3.8, 4) is 10.8 Å². The Morgan fingerprint density at radius 1 is 1.44 bits per heavy atom. The minimum atomic E-state index is 0.705. The van der Waals surface area contributed by atoms with E-state index in [9.17, 15) is 0 Å². The molecule has 84 valence electrons. The van der Waals surface area contributed by atoms with E-state index in [0.29, 0.717) is 5.82 Å². The molecule has 2 aromatic heterocycles. The van der Waals surface area contributed by atoms with Gasteiger partial charge < -0.3 is 5.32 Å². The number of hydrogen-bond donors (Lipinski definition) is 1. The highest BCUT2D eigenvalue weighted by Crippen LogP contribution is 2.25. The van der Waals surface area contributed by atoms with Crippen LogP contribution in [0.5, 0.6) is 0 Å². The van der Waals surface area contributed by atoms with Gasteiger partial charge in [-0.2, -0.15) is 0 Å². The van der Waals surface area contributed by atoms with Gasteiger partial charge in [-0.3, -0.25) is 0 Å². The predicted octanol–water partition coefficient (Wildman–Crippen LogP) is 2.81. The number of halogens is 1. The molecule has 2 aromatic rings. The first-order valence-corrected chi connectivity index (χ1v) is 6.86.